The minimum atomic E-state index is -0.834. The van der Waals surface area contributed by atoms with Gasteiger partial charge in [-0.2, -0.15) is 5.26 Å². The van der Waals surface area contributed by atoms with Crippen LogP contribution in [0.1, 0.15) is 31.9 Å². The Morgan fingerprint density at radius 3 is 2.26 bits per heavy atom. The van der Waals surface area contributed by atoms with Crippen molar-refractivity contribution in [1.82, 2.24) is 0 Å². The second-order valence-electron chi connectivity index (χ2n) is 7.03. The third kappa shape index (κ3) is 6.12. The van der Waals surface area contributed by atoms with E-state index in [2.05, 4.69) is 26.1 Å². The number of nitrogens with one attached hydrogen (secondary N) is 1. The number of ether oxygens (including phenoxy) is 1. The van der Waals surface area contributed by atoms with E-state index in [1.165, 1.54) is 6.08 Å². The Balaban J connectivity index is 1.92. The summed E-state index contributed by atoms with van der Waals surface area (Å²) in [6, 6.07) is 18.2. The molecule has 138 valence electrons. The zero-order chi connectivity index (χ0) is 19.9. The highest BCUT2D eigenvalue weighted by atomic mass is 16.5. The van der Waals surface area contributed by atoms with Gasteiger partial charge in [0, 0.05) is 5.69 Å². The van der Waals surface area contributed by atoms with E-state index in [4.69, 9.17) is 10.00 Å². The molecule has 5 nitrogen and oxygen atoms in total. The lowest BCUT2D eigenvalue weighted by atomic mass is 9.87. The lowest BCUT2D eigenvalue weighted by Crippen LogP contribution is -2.21. The molecule has 0 aliphatic rings. The molecule has 1 N–H and O–H groups in total. The highest BCUT2D eigenvalue weighted by Crippen LogP contribution is 2.23. The molecule has 0 heterocycles. The van der Waals surface area contributed by atoms with Crippen molar-refractivity contribution in [3.63, 3.8) is 0 Å². The number of carbonyl (C=O) groups excluding carboxylic acids is 2. The topological polar surface area (TPSA) is 79.2 Å². The molecule has 0 bridgehead atoms. The highest BCUT2D eigenvalue weighted by Gasteiger charge is 2.15. The summed E-state index contributed by atoms with van der Waals surface area (Å²) in [6.07, 6.45) is 1.42. The van der Waals surface area contributed by atoms with Crippen molar-refractivity contribution in [2.24, 2.45) is 0 Å². The van der Waals surface area contributed by atoms with Crippen molar-refractivity contribution in [2.75, 3.05) is 11.9 Å². The molecular weight excluding hydrogens is 340 g/mol. The zero-order valence-corrected chi connectivity index (χ0v) is 15.7. The Labute approximate surface area is 159 Å². The van der Waals surface area contributed by atoms with E-state index in [0.29, 0.717) is 11.3 Å². The average Bonchev–Trinajstić information content (AvgIpc) is 2.64. The van der Waals surface area contributed by atoms with Gasteiger partial charge in [-0.3, -0.25) is 4.79 Å². The fourth-order valence-electron chi connectivity index (χ4n) is 2.31. The number of amides is 1. The van der Waals surface area contributed by atoms with Crippen LogP contribution in [0.4, 0.5) is 5.69 Å². The molecule has 2 aromatic rings. The lowest BCUT2D eigenvalue weighted by molar-refractivity contribution is -0.142. The van der Waals surface area contributed by atoms with Crippen LogP contribution >= 0.6 is 0 Å². The van der Waals surface area contributed by atoms with E-state index in [1.807, 2.05) is 18.2 Å². The van der Waals surface area contributed by atoms with Gasteiger partial charge in [-0.05, 0) is 34.8 Å². The molecule has 0 atom stereocenters. The lowest BCUT2D eigenvalue weighted by Gasteiger charge is -2.19. The van der Waals surface area contributed by atoms with Crippen LogP contribution in [0, 0.1) is 11.3 Å². The molecule has 2 rings (SSSR count). The van der Waals surface area contributed by atoms with Crippen LogP contribution in [0.15, 0.2) is 60.2 Å². The first kappa shape index (κ1) is 19.9. The number of nitrogens with zero attached hydrogens (tertiary/aromatic N) is 1. The van der Waals surface area contributed by atoms with E-state index in [1.54, 1.807) is 42.5 Å². The highest BCUT2D eigenvalue weighted by molar-refractivity contribution is 6.00. The first-order chi connectivity index (χ1) is 12.8. The summed E-state index contributed by atoms with van der Waals surface area (Å²) >= 11 is 0. The zero-order valence-electron chi connectivity index (χ0n) is 15.7. The number of rotatable bonds is 5. The van der Waals surface area contributed by atoms with Gasteiger partial charge in [-0.1, -0.05) is 63.2 Å². The molecular formula is C22H22N2O3. The summed E-state index contributed by atoms with van der Waals surface area (Å²) in [6.45, 7) is 5.86. The van der Waals surface area contributed by atoms with Gasteiger partial charge in [0.2, 0.25) is 0 Å². The van der Waals surface area contributed by atoms with Gasteiger partial charge in [0.25, 0.3) is 5.91 Å². The van der Waals surface area contributed by atoms with Gasteiger partial charge in [0.05, 0.1) is 0 Å². The third-order valence-corrected chi connectivity index (χ3v) is 3.82. The van der Waals surface area contributed by atoms with Crippen LogP contribution in [0.2, 0.25) is 0 Å². The molecule has 0 aromatic heterocycles. The van der Waals surface area contributed by atoms with Crippen LogP contribution in [-0.2, 0) is 19.7 Å². The number of hydrogen-bond acceptors (Lipinski definition) is 4. The largest absolute Gasteiger partial charge is 0.451 e. The third-order valence-electron chi connectivity index (χ3n) is 3.82. The van der Waals surface area contributed by atoms with Crippen molar-refractivity contribution in [3.05, 3.63) is 71.3 Å². The number of carbonyl (C=O) groups is 2. The van der Waals surface area contributed by atoms with Crippen LogP contribution in [0.3, 0.4) is 0 Å². The fraction of sp³-hybridized carbons (Fsp3) is 0.227. The number of anilines is 1. The van der Waals surface area contributed by atoms with Crippen molar-refractivity contribution in [1.29, 1.82) is 5.26 Å². The predicted molar refractivity (Wildman–Crippen MR) is 105 cm³/mol. The van der Waals surface area contributed by atoms with Crippen molar-refractivity contribution >= 4 is 23.6 Å². The van der Waals surface area contributed by atoms with Crippen molar-refractivity contribution in [2.45, 2.75) is 26.2 Å². The second-order valence-corrected chi connectivity index (χ2v) is 7.03. The van der Waals surface area contributed by atoms with Crippen molar-refractivity contribution < 1.29 is 14.3 Å². The summed E-state index contributed by atoms with van der Waals surface area (Å²) in [5.74, 6) is -1.30. The van der Waals surface area contributed by atoms with Gasteiger partial charge in [0.1, 0.15) is 11.6 Å². The molecule has 0 spiro atoms. The van der Waals surface area contributed by atoms with E-state index in [9.17, 15) is 9.59 Å². The minimum absolute atomic E-state index is 0.0247. The van der Waals surface area contributed by atoms with Gasteiger partial charge in [0.15, 0.2) is 6.61 Å². The Morgan fingerprint density at radius 1 is 1.07 bits per heavy atom. The SMILES string of the molecule is CC(C)(C)c1ccc(NC(=O)COC(=O)/C(C#N)=C/c2ccccc2)cc1. The number of benzene rings is 2. The first-order valence-electron chi connectivity index (χ1n) is 8.54. The summed E-state index contributed by atoms with van der Waals surface area (Å²) < 4.78 is 4.94. The maximum atomic E-state index is 12.0. The normalized spacial score (nSPS) is 11.4. The van der Waals surface area contributed by atoms with Crippen molar-refractivity contribution in [3.8, 4) is 6.07 Å². The monoisotopic (exact) mass is 362 g/mol. The summed E-state index contributed by atoms with van der Waals surface area (Å²) in [5.41, 5.74) is 2.33. The Morgan fingerprint density at radius 2 is 1.70 bits per heavy atom. The van der Waals surface area contributed by atoms with Gasteiger partial charge >= 0.3 is 5.97 Å². The quantitative estimate of drug-likeness (QED) is 0.494. The molecule has 0 aliphatic carbocycles. The van der Waals surface area contributed by atoms with Crippen LogP contribution in [-0.4, -0.2) is 18.5 Å². The maximum absolute atomic E-state index is 12.0. The van der Waals surface area contributed by atoms with Gasteiger partial charge in [-0.25, -0.2) is 4.79 Å². The Kier molecular flexibility index (Phi) is 6.51. The molecule has 2 aromatic carbocycles. The van der Waals surface area contributed by atoms with Crippen LogP contribution in [0.5, 0.6) is 0 Å². The summed E-state index contributed by atoms with van der Waals surface area (Å²) in [7, 11) is 0. The van der Waals surface area contributed by atoms with E-state index >= 15 is 0 Å². The standard InChI is InChI=1S/C22H22N2O3/c1-22(2,3)18-9-11-19(12-10-18)24-20(25)15-27-21(26)17(14-23)13-16-7-5-4-6-8-16/h4-13H,15H2,1-3H3,(H,24,25)/b17-13+. The minimum Gasteiger partial charge on any atom is -0.451 e. The fourth-order valence-corrected chi connectivity index (χ4v) is 2.31. The number of esters is 1. The molecule has 0 saturated carbocycles. The molecule has 0 saturated heterocycles. The van der Waals surface area contributed by atoms with Gasteiger partial charge in [-0.15, -0.1) is 0 Å². The average molecular weight is 362 g/mol. The van der Waals surface area contributed by atoms with Crippen LogP contribution in [0.25, 0.3) is 6.08 Å². The molecule has 0 unspecified atom stereocenters. The number of hydrogen-bond donors (Lipinski definition) is 1. The van der Waals surface area contributed by atoms with Crippen LogP contribution < -0.4 is 5.32 Å². The Bertz CT molecular complexity index is 871. The molecule has 0 radical (unpaired) electrons. The summed E-state index contributed by atoms with van der Waals surface area (Å²) in [4.78, 5) is 24.0. The smallest absolute Gasteiger partial charge is 0.349 e. The second kappa shape index (κ2) is 8.81. The molecule has 0 fully saturated rings. The first-order valence-corrected chi connectivity index (χ1v) is 8.54. The molecule has 5 heteroatoms. The molecule has 27 heavy (non-hydrogen) atoms. The van der Waals surface area contributed by atoms with E-state index in [-0.39, 0.29) is 11.0 Å². The maximum Gasteiger partial charge on any atom is 0.349 e. The van der Waals surface area contributed by atoms with E-state index in [0.717, 1.165) is 5.56 Å². The Hall–Kier alpha value is -3.39. The predicted octanol–water partition coefficient (Wildman–Crippen LogP) is 4.07. The summed E-state index contributed by atoms with van der Waals surface area (Å²) in [5, 5.41) is 11.8. The molecule has 0 aliphatic heterocycles. The molecule has 1 amide bonds. The van der Waals surface area contributed by atoms with Gasteiger partial charge < -0.3 is 10.1 Å². The van der Waals surface area contributed by atoms with E-state index < -0.39 is 18.5 Å². The number of nitriles is 1.